The van der Waals surface area contributed by atoms with Crippen molar-refractivity contribution in [2.75, 3.05) is 19.7 Å². The molecule has 2 fully saturated rings. The number of amides is 2. The molecule has 0 radical (unpaired) electrons. The number of benzene rings is 2. The fraction of sp³-hybridized carbons (Fsp3) is 0.469. The molecule has 4 heterocycles. The zero-order chi connectivity index (χ0) is 30.1. The Balaban J connectivity index is 1.29. The van der Waals surface area contributed by atoms with Crippen molar-refractivity contribution < 1.29 is 28.2 Å². The average Bonchev–Trinajstić information content (AvgIpc) is 3.75. The highest BCUT2D eigenvalue weighted by atomic mass is 32.1. The minimum atomic E-state index is -2.93. The van der Waals surface area contributed by atoms with Crippen molar-refractivity contribution >= 4 is 23.2 Å². The Morgan fingerprint density at radius 3 is 2.79 bits per heavy atom. The summed E-state index contributed by atoms with van der Waals surface area (Å²) in [5, 5.41) is 19.7. The van der Waals surface area contributed by atoms with Crippen molar-refractivity contribution in [3.05, 3.63) is 80.8 Å². The number of nitrogens with one attached hydrogen (secondary N) is 2. The summed E-state index contributed by atoms with van der Waals surface area (Å²) < 4.78 is 33.9. The van der Waals surface area contributed by atoms with Crippen molar-refractivity contribution in [1.82, 2.24) is 20.5 Å². The Morgan fingerprint density at radius 2 is 2.07 bits per heavy atom. The van der Waals surface area contributed by atoms with Crippen LogP contribution in [0.5, 0.6) is 5.75 Å². The van der Waals surface area contributed by atoms with E-state index in [0.717, 1.165) is 41.1 Å². The maximum atomic E-state index is 14.1. The van der Waals surface area contributed by atoms with Crippen LogP contribution in [0.15, 0.2) is 47.8 Å². The first-order valence-corrected chi connectivity index (χ1v) is 15.7. The second-order valence-corrected chi connectivity index (χ2v) is 12.6. The summed E-state index contributed by atoms with van der Waals surface area (Å²) in [4.78, 5) is 34.4. The molecule has 2 saturated heterocycles. The third kappa shape index (κ3) is 6.44. The maximum Gasteiger partial charge on any atom is 0.261 e. The summed E-state index contributed by atoms with van der Waals surface area (Å²) >= 11 is 1.55. The van der Waals surface area contributed by atoms with Gasteiger partial charge in [0.15, 0.2) is 0 Å². The Morgan fingerprint density at radius 1 is 1.26 bits per heavy atom. The second kappa shape index (κ2) is 12.3. The molecule has 2 aromatic carbocycles. The highest BCUT2D eigenvalue weighted by molar-refractivity contribution is 7.09. The predicted octanol–water partition coefficient (Wildman–Crippen LogP) is 4.45. The fourth-order valence-electron chi connectivity index (χ4n) is 6.38. The molecule has 6 rings (SSSR count). The first-order chi connectivity index (χ1) is 20.7. The highest BCUT2D eigenvalue weighted by Gasteiger charge is 2.44. The van der Waals surface area contributed by atoms with Gasteiger partial charge in [-0.05, 0) is 56.7 Å². The molecule has 11 heteroatoms. The van der Waals surface area contributed by atoms with E-state index in [9.17, 15) is 23.5 Å². The number of likely N-dealkylation sites (tertiary alicyclic amines) is 1. The molecule has 4 atom stereocenters. The summed E-state index contributed by atoms with van der Waals surface area (Å²) in [6.07, 6.45) is 1.57. The van der Waals surface area contributed by atoms with Crippen LogP contribution in [0.4, 0.5) is 8.78 Å². The minimum absolute atomic E-state index is 0.119. The van der Waals surface area contributed by atoms with Gasteiger partial charge in [-0.25, -0.2) is 13.8 Å². The van der Waals surface area contributed by atoms with Crippen LogP contribution >= 0.6 is 11.3 Å². The first-order valence-electron chi connectivity index (χ1n) is 14.9. The van der Waals surface area contributed by atoms with E-state index in [1.165, 1.54) is 0 Å². The summed E-state index contributed by atoms with van der Waals surface area (Å²) in [5.74, 6) is -3.10. The van der Waals surface area contributed by atoms with E-state index in [2.05, 4.69) is 15.6 Å². The largest absolute Gasteiger partial charge is 0.493 e. The number of halogens is 2. The van der Waals surface area contributed by atoms with Crippen LogP contribution < -0.4 is 15.4 Å². The molecule has 228 valence electrons. The molecule has 3 aromatic rings. The smallest absolute Gasteiger partial charge is 0.261 e. The highest BCUT2D eigenvalue weighted by Crippen LogP contribution is 2.37. The molecule has 0 unspecified atom stereocenters. The van der Waals surface area contributed by atoms with Crippen molar-refractivity contribution in [2.24, 2.45) is 0 Å². The molecule has 3 N–H and O–H groups in total. The monoisotopic (exact) mass is 610 g/mol. The summed E-state index contributed by atoms with van der Waals surface area (Å²) in [5.41, 5.74) is 3.21. The zero-order valence-electron chi connectivity index (χ0n) is 24.0. The third-order valence-corrected chi connectivity index (χ3v) is 9.61. The van der Waals surface area contributed by atoms with Crippen molar-refractivity contribution in [3.8, 4) is 5.75 Å². The van der Waals surface area contributed by atoms with Crippen LogP contribution in [0.25, 0.3) is 0 Å². The number of ether oxygens (including phenoxy) is 1. The maximum absolute atomic E-state index is 14.1. The predicted molar refractivity (Wildman–Crippen MR) is 159 cm³/mol. The fourth-order valence-corrected chi connectivity index (χ4v) is 7.32. The van der Waals surface area contributed by atoms with Crippen LogP contribution in [-0.4, -0.2) is 70.6 Å². The normalized spacial score (nSPS) is 22.5. The van der Waals surface area contributed by atoms with Gasteiger partial charge in [-0.1, -0.05) is 30.3 Å². The quantitative estimate of drug-likeness (QED) is 0.348. The molecule has 2 amide bonds. The molecular weight excluding hydrogens is 574 g/mol. The Labute approximate surface area is 253 Å². The van der Waals surface area contributed by atoms with E-state index in [1.54, 1.807) is 23.5 Å². The Hall–Kier alpha value is -3.41. The van der Waals surface area contributed by atoms with E-state index in [-0.39, 0.29) is 23.9 Å². The molecule has 0 bridgehead atoms. The number of hydrogen-bond acceptors (Lipinski definition) is 7. The zero-order valence-corrected chi connectivity index (χ0v) is 24.8. The summed E-state index contributed by atoms with van der Waals surface area (Å²) in [6, 6.07) is 10.7. The Bertz CT molecular complexity index is 1480. The van der Waals surface area contributed by atoms with Crippen LogP contribution in [-0.2, 0) is 12.8 Å². The number of aliphatic hydroxyl groups excluding tert-OH is 1. The molecule has 0 aliphatic carbocycles. The topological polar surface area (TPSA) is 104 Å². The van der Waals surface area contributed by atoms with Gasteiger partial charge in [0.1, 0.15) is 10.8 Å². The summed E-state index contributed by atoms with van der Waals surface area (Å²) in [6.45, 7) is 2.49. The average molecular weight is 611 g/mol. The molecule has 0 saturated carbocycles. The van der Waals surface area contributed by atoms with Crippen molar-refractivity contribution in [1.29, 1.82) is 0 Å². The number of carbonyl (C=O) groups is 2. The summed E-state index contributed by atoms with van der Waals surface area (Å²) in [7, 11) is 0. The lowest BCUT2D eigenvalue weighted by Crippen LogP contribution is -2.52. The third-order valence-electron chi connectivity index (χ3n) is 8.55. The van der Waals surface area contributed by atoms with E-state index in [0.29, 0.717) is 30.9 Å². The van der Waals surface area contributed by atoms with Crippen LogP contribution in [0.2, 0.25) is 0 Å². The van der Waals surface area contributed by atoms with Gasteiger partial charge in [0.2, 0.25) is 0 Å². The minimum Gasteiger partial charge on any atom is -0.493 e. The van der Waals surface area contributed by atoms with Gasteiger partial charge in [-0.2, -0.15) is 0 Å². The standard InChI is InChI=1S/C32H36F2N4O4S/c1-19-17-43-30(36-19)26-10-5-11-38(26)31(41)23-14-21(15-27-22(23)9-6-12-42-27)29(40)37-24(13-20-7-3-2-4-8-20)28(39)25-16-32(33,34)18-35-25/h2-4,7-8,14-15,17,24-26,28,35,39H,5-6,9-13,16,18H2,1H3,(H,37,40)/t24-,25-,26+,28-/m0/s1. The van der Waals surface area contributed by atoms with Gasteiger partial charge < -0.3 is 25.4 Å². The molecule has 8 nitrogen and oxygen atoms in total. The van der Waals surface area contributed by atoms with Gasteiger partial charge in [0.05, 0.1) is 31.3 Å². The lowest BCUT2D eigenvalue weighted by atomic mass is 9.93. The van der Waals surface area contributed by atoms with Crippen LogP contribution in [0, 0.1) is 6.92 Å². The van der Waals surface area contributed by atoms with Gasteiger partial charge in [0.25, 0.3) is 17.7 Å². The number of thiazole rings is 1. The second-order valence-electron chi connectivity index (χ2n) is 11.7. The number of aromatic nitrogens is 1. The van der Waals surface area contributed by atoms with Crippen LogP contribution in [0.1, 0.15) is 74.3 Å². The number of hydrogen-bond donors (Lipinski definition) is 3. The number of fused-ring (bicyclic) bond motifs is 1. The number of nitrogens with zero attached hydrogens (tertiary/aromatic N) is 2. The number of alkyl halides is 2. The lowest BCUT2D eigenvalue weighted by Gasteiger charge is -2.29. The van der Waals surface area contributed by atoms with Gasteiger partial charge in [-0.3, -0.25) is 9.59 Å². The molecule has 3 aliphatic rings. The number of carbonyl (C=O) groups excluding carboxylic acids is 2. The van der Waals surface area contributed by atoms with E-state index in [1.807, 2.05) is 47.5 Å². The molecule has 1 aromatic heterocycles. The number of aliphatic hydroxyl groups is 1. The molecule has 0 spiro atoms. The lowest BCUT2D eigenvalue weighted by molar-refractivity contribution is 0.0112. The van der Waals surface area contributed by atoms with Crippen LogP contribution in [0.3, 0.4) is 0 Å². The van der Waals surface area contributed by atoms with E-state index < -0.39 is 43.0 Å². The van der Waals surface area contributed by atoms with Crippen molar-refractivity contribution in [3.63, 3.8) is 0 Å². The Kier molecular flexibility index (Phi) is 8.48. The van der Waals surface area contributed by atoms with E-state index >= 15 is 0 Å². The number of rotatable bonds is 8. The molecule has 3 aliphatic heterocycles. The first kappa shape index (κ1) is 29.7. The number of aryl methyl sites for hydroxylation is 1. The van der Waals surface area contributed by atoms with Gasteiger partial charge in [-0.15, -0.1) is 11.3 Å². The SMILES string of the molecule is Cc1csc([C@H]2CCCN2C(=O)c2cc(C(=O)N[C@@H](Cc3ccccc3)[C@H](O)[C@@H]3CC(F)(F)CN3)cc3c2CCCO3)n1. The van der Waals surface area contributed by atoms with Crippen molar-refractivity contribution in [2.45, 2.75) is 75.6 Å². The van der Waals surface area contributed by atoms with Gasteiger partial charge >= 0.3 is 0 Å². The molecule has 43 heavy (non-hydrogen) atoms. The molecular formula is C32H36F2N4O4S. The van der Waals surface area contributed by atoms with E-state index in [4.69, 9.17) is 4.74 Å². The van der Waals surface area contributed by atoms with Gasteiger partial charge in [0, 0.05) is 46.8 Å².